The summed E-state index contributed by atoms with van der Waals surface area (Å²) in [6, 6.07) is 6.75. The van der Waals surface area contributed by atoms with Gasteiger partial charge in [-0.15, -0.1) is 0 Å². The average molecular weight is 320 g/mol. The third kappa shape index (κ3) is 3.30. The third-order valence-corrected chi connectivity index (χ3v) is 5.77. The number of halogens is 1. The van der Waals surface area contributed by atoms with Crippen molar-refractivity contribution in [3.63, 3.8) is 0 Å². The lowest BCUT2D eigenvalue weighted by molar-refractivity contribution is 0.505. The van der Waals surface area contributed by atoms with Crippen molar-refractivity contribution >= 4 is 25.8 Å². The SMILES string of the molecule is CCC(NC)C(C)S(=O)(=O)c1ccc(Br)cc1. The summed E-state index contributed by atoms with van der Waals surface area (Å²) in [5, 5.41) is 2.62. The highest BCUT2D eigenvalue weighted by molar-refractivity contribution is 9.10. The van der Waals surface area contributed by atoms with Crippen LogP contribution in [-0.2, 0) is 9.84 Å². The maximum absolute atomic E-state index is 12.3. The van der Waals surface area contributed by atoms with Crippen LogP contribution in [0.25, 0.3) is 0 Å². The molecule has 0 amide bonds. The highest BCUT2D eigenvalue weighted by atomic mass is 79.9. The van der Waals surface area contributed by atoms with Crippen molar-refractivity contribution < 1.29 is 8.42 Å². The van der Waals surface area contributed by atoms with Crippen molar-refractivity contribution in [2.24, 2.45) is 0 Å². The fraction of sp³-hybridized carbons (Fsp3) is 0.500. The molecule has 5 heteroatoms. The molecule has 0 spiro atoms. The van der Waals surface area contributed by atoms with Gasteiger partial charge < -0.3 is 5.32 Å². The zero-order valence-corrected chi connectivity index (χ0v) is 12.7. The largest absolute Gasteiger partial charge is 0.316 e. The standard InChI is InChI=1S/C12H18BrNO2S/c1-4-12(14-3)9(2)17(15,16)11-7-5-10(13)6-8-11/h5-9,12,14H,4H2,1-3H3. The Balaban J connectivity index is 3.06. The van der Waals surface area contributed by atoms with Crippen molar-refractivity contribution in [1.29, 1.82) is 0 Å². The van der Waals surface area contributed by atoms with Gasteiger partial charge in [0, 0.05) is 10.5 Å². The second-order valence-electron chi connectivity index (χ2n) is 4.01. The lowest BCUT2D eigenvalue weighted by Crippen LogP contribution is -2.40. The molecule has 0 radical (unpaired) electrons. The number of hydrogen-bond donors (Lipinski definition) is 1. The first kappa shape index (κ1) is 14.7. The molecule has 0 aliphatic carbocycles. The summed E-state index contributed by atoms with van der Waals surface area (Å²) in [6.45, 7) is 3.73. The molecule has 0 saturated heterocycles. The Bertz CT molecular complexity index is 452. The van der Waals surface area contributed by atoms with Crippen molar-refractivity contribution in [1.82, 2.24) is 5.32 Å². The lowest BCUT2D eigenvalue weighted by atomic mass is 10.2. The summed E-state index contributed by atoms with van der Waals surface area (Å²) < 4.78 is 25.6. The van der Waals surface area contributed by atoms with Crippen molar-refractivity contribution in [2.45, 2.75) is 36.5 Å². The van der Waals surface area contributed by atoms with Gasteiger partial charge in [0.2, 0.25) is 0 Å². The first-order valence-corrected chi connectivity index (χ1v) is 7.94. The van der Waals surface area contributed by atoms with E-state index >= 15 is 0 Å². The molecule has 1 aromatic rings. The predicted molar refractivity (Wildman–Crippen MR) is 73.9 cm³/mol. The molecule has 1 N–H and O–H groups in total. The van der Waals surface area contributed by atoms with Crippen LogP contribution >= 0.6 is 15.9 Å². The molecule has 0 aromatic heterocycles. The molecule has 1 rings (SSSR count). The molecule has 2 atom stereocenters. The minimum absolute atomic E-state index is 0.0244. The lowest BCUT2D eigenvalue weighted by Gasteiger charge is -2.22. The summed E-state index contributed by atoms with van der Waals surface area (Å²) in [5.41, 5.74) is 0. The van der Waals surface area contributed by atoms with Gasteiger partial charge in [0.25, 0.3) is 0 Å². The third-order valence-electron chi connectivity index (χ3n) is 3.01. The van der Waals surface area contributed by atoms with Crippen LogP contribution in [0.1, 0.15) is 20.3 Å². The molecule has 0 aliphatic rings. The molecule has 3 nitrogen and oxygen atoms in total. The van der Waals surface area contributed by atoms with Crippen molar-refractivity contribution in [3.05, 3.63) is 28.7 Å². The summed E-state index contributed by atoms with van der Waals surface area (Å²) >= 11 is 3.30. The highest BCUT2D eigenvalue weighted by Gasteiger charge is 2.28. The Morgan fingerprint density at radius 2 is 1.82 bits per heavy atom. The quantitative estimate of drug-likeness (QED) is 0.907. The number of nitrogens with one attached hydrogen (secondary N) is 1. The zero-order chi connectivity index (χ0) is 13.1. The van der Waals surface area contributed by atoms with Crippen LogP contribution in [0.3, 0.4) is 0 Å². The van der Waals surface area contributed by atoms with Gasteiger partial charge in [-0.3, -0.25) is 0 Å². The van der Waals surface area contributed by atoms with Gasteiger partial charge in [-0.2, -0.15) is 0 Å². The molecule has 17 heavy (non-hydrogen) atoms. The van der Waals surface area contributed by atoms with Crippen LogP contribution in [0.5, 0.6) is 0 Å². The smallest absolute Gasteiger partial charge is 0.182 e. The van der Waals surface area contributed by atoms with Crippen molar-refractivity contribution in [3.8, 4) is 0 Å². The summed E-state index contributed by atoms with van der Waals surface area (Å²) in [4.78, 5) is 0.377. The van der Waals surface area contributed by atoms with Gasteiger partial charge in [-0.05, 0) is 44.7 Å². The van der Waals surface area contributed by atoms with Crippen LogP contribution in [-0.4, -0.2) is 26.8 Å². The van der Waals surface area contributed by atoms with Crippen molar-refractivity contribution in [2.75, 3.05) is 7.05 Å². The van der Waals surface area contributed by atoms with Crippen LogP contribution in [0.15, 0.2) is 33.6 Å². The van der Waals surface area contributed by atoms with E-state index < -0.39 is 15.1 Å². The molecular formula is C12H18BrNO2S. The average Bonchev–Trinajstić information content (AvgIpc) is 2.31. The molecule has 0 aliphatic heterocycles. The van der Waals surface area contributed by atoms with Gasteiger partial charge in [0.15, 0.2) is 9.84 Å². The van der Waals surface area contributed by atoms with E-state index in [9.17, 15) is 8.42 Å². The van der Waals surface area contributed by atoms with Gasteiger partial charge in [-0.25, -0.2) is 8.42 Å². The van der Waals surface area contributed by atoms with E-state index in [4.69, 9.17) is 0 Å². The Morgan fingerprint density at radius 3 is 2.24 bits per heavy atom. The van der Waals surface area contributed by atoms with E-state index in [1.807, 2.05) is 6.92 Å². The zero-order valence-electron chi connectivity index (χ0n) is 10.3. The Morgan fingerprint density at radius 1 is 1.29 bits per heavy atom. The molecule has 1 aromatic carbocycles. The maximum Gasteiger partial charge on any atom is 0.182 e. The maximum atomic E-state index is 12.3. The minimum Gasteiger partial charge on any atom is -0.316 e. The molecule has 2 unspecified atom stereocenters. The Kier molecular flexibility index (Phi) is 5.16. The number of sulfone groups is 1. The van der Waals surface area contributed by atoms with Crippen LogP contribution in [0.2, 0.25) is 0 Å². The van der Waals surface area contributed by atoms with E-state index in [2.05, 4.69) is 21.2 Å². The molecule has 0 fully saturated rings. The van der Waals surface area contributed by atoms with Crippen LogP contribution in [0, 0.1) is 0 Å². The van der Waals surface area contributed by atoms with E-state index in [0.29, 0.717) is 4.90 Å². The fourth-order valence-electron chi connectivity index (χ4n) is 1.83. The van der Waals surface area contributed by atoms with E-state index in [1.54, 1.807) is 38.2 Å². The molecular weight excluding hydrogens is 302 g/mol. The minimum atomic E-state index is -3.26. The van der Waals surface area contributed by atoms with E-state index in [1.165, 1.54) is 0 Å². The predicted octanol–water partition coefficient (Wildman–Crippen LogP) is 2.61. The second kappa shape index (κ2) is 5.98. The van der Waals surface area contributed by atoms with Crippen LogP contribution in [0.4, 0.5) is 0 Å². The normalized spacial score (nSPS) is 15.5. The first-order chi connectivity index (χ1) is 7.93. The van der Waals surface area contributed by atoms with Crippen LogP contribution < -0.4 is 5.32 Å². The summed E-state index contributed by atoms with van der Waals surface area (Å²) in [5.74, 6) is 0. The summed E-state index contributed by atoms with van der Waals surface area (Å²) in [7, 11) is -1.47. The molecule has 0 saturated carbocycles. The number of benzene rings is 1. The van der Waals surface area contributed by atoms with E-state index in [0.717, 1.165) is 10.9 Å². The fourth-order valence-corrected chi connectivity index (χ4v) is 3.80. The molecule has 96 valence electrons. The van der Waals surface area contributed by atoms with Gasteiger partial charge in [0.1, 0.15) is 0 Å². The molecule has 0 heterocycles. The topological polar surface area (TPSA) is 46.2 Å². The monoisotopic (exact) mass is 319 g/mol. The van der Waals surface area contributed by atoms with Gasteiger partial charge >= 0.3 is 0 Å². The first-order valence-electron chi connectivity index (χ1n) is 5.60. The van der Waals surface area contributed by atoms with Gasteiger partial charge in [0.05, 0.1) is 10.1 Å². The van der Waals surface area contributed by atoms with E-state index in [-0.39, 0.29) is 6.04 Å². The Hall–Kier alpha value is -0.390. The second-order valence-corrected chi connectivity index (χ2v) is 7.23. The summed E-state index contributed by atoms with van der Waals surface area (Å²) in [6.07, 6.45) is 0.785. The molecule has 0 bridgehead atoms. The number of hydrogen-bond acceptors (Lipinski definition) is 3. The number of rotatable bonds is 5. The van der Waals surface area contributed by atoms with Gasteiger partial charge in [-0.1, -0.05) is 22.9 Å². The highest BCUT2D eigenvalue weighted by Crippen LogP contribution is 2.21. The Labute approximate surface area is 112 Å².